The van der Waals surface area contributed by atoms with Crippen LogP contribution in [0.2, 0.25) is 0 Å². The molecule has 4 aliphatic rings. The Morgan fingerprint density at radius 2 is 1.26 bits per heavy atom. The van der Waals surface area contributed by atoms with Crippen LogP contribution in [0.15, 0.2) is 182 Å². The van der Waals surface area contributed by atoms with E-state index in [1.807, 2.05) is 0 Å². The summed E-state index contributed by atoms with van der Waals surface area (Å²) in [4.78, 5) is 2.53. The van der Waals surface area contributed by atoms with E-state index in [0.717, 1.165) is 24.4 Å². The van der Waals surface area contributed by atoms with Crippen LogP contribution in [-0.2, 0) is 5.41 Å². The van der Waals surface area contributed by atoms with Gasteiger partial charge in [0.05, 0.1) is 6.04 Å². The number of allylic oxidation sites excluding steroid dienone is 6. The Morgan fingerprint density at radius 3 is 2.08 bits per heavy atom. The lowest BCUT2D eigenvalue weighted by molar-refractivity contribution is 0.429. The molecular formula is C51H41NO. The highest BCUT2D eigenvalue weighted by atomic mass is 16.5. The fraction of sp³-hybridized carbons (Fsp3) is 0.137. The largest absolute Gasteiger partial charge is 0.460 e. The van der Waals surface area contributed by atoms with Crippen molar-refractivity contribution in [3.63, 3.8) is 0 Å². The monoisotopic (exact) mass is 683 g/mol. The zero-order chi connectivity index (χ0) is 35.5. The zero-order valence-corrected chi connectivity index (χ0v) is 30.2. The second-order valence-corrected chi connectivity index (χ2v) is 15.2. The highest BCUT2D eigenvalue weighted by Gasteiger charge is 2.36. The third kappa shape index (κ3) is 5.32. The number of para-hydroxylation sites is 1. The average molecular weight is 684 g/mol. The van der Waals surface area contributed by atoms with Crippen molar-refractivity contribution < 1.29 is 4.74 Å². The smallest absolute Gasteiger partial charge is 0.130 e. The molecule has 1 heterocycles. The van der Waals surface area contributed by atoms with Gasteiger partial charge < -0.3 is 9.64 Å². The van der Waals surface area contributed by atoms with Crippen LogP contribution >= 0.6 is 0 Å². The molecule has 0 amide bonds. The van der Waals surface area contributed by atoms with Crippen molar-refractivity contribution in [3.05, 3.63) is 210 Å². The Morgan fingerprint density at radius 1 is 0.585 bits per heavy atom. The summed E-state index contributed by atoms with van der Waals surface area (Å²) in [5, 5.41) is 0. The predicted octanol–water partition coefficient (Wildman–Crippen LogP) is 13.1. The highest BCUT2D eigenvalue weighted by molar-refractivity contribution is 5.85. The van der Waals surface area contributed by atoms with Crippen molar-refractivity contribution in [2.45, 2.75) is 44.1 Å². The molecule has 0 radical (unpaired) electrons. The van der Waals surface area contributed by atoms with E-state index in [-0.39, 0.29) is 17.4 Å². The summed E-state index contributed by atoms with van der Waals surface area (Å²) in [5.74, 6) is 2.34. The van der Waals surface area contributed by atoms with Crippen LogP contribution in [0, 0.1) is 0 Å². The Hall–Kier alpha value is -6.12. The lowest BCUT2D eigenvalue weighted by Gasteiger charge is -2.34. The number of anilines is 2. The minimum absolute atomic E-state index is 0.0740. The van der Waals surface area contributed by atoms with Gasteiger partial charge in [-0.2, -0.15) is 0 Å². The van der Waals surface area contributed by atoms with Gasteiger partial charge in [-0.3, -0.25) is 0 Å². The summed E-state index contributed by atoms with van der Waals surface area (Å²) < 4.78 is 6.49. The van der Waals surface area contributed by atoms with Crippen molar-refractivity contribution in [1.82, 2.24) is 0 Å². The lowest BCUT2D eigenvalue weighted by Crippen LogP contribution is -2.30. The maximum Gasteiger partial charge on any atom is 0.130 e. The lowest BCUT2D eigenvalue weighted by atomic mass is 9.82. The number of benzene rings is 6. The summed E-state index contributed by atoms with van der Waals surface area (Å²) in [5.41, 5.74) is 16.4. The quantitative estimate of drug-likeness (QED) is 0.173. The fourth-order valence-corrected chi connectivity index (χ4v) is 8.99. The molecule has 3 aliphatic carbocycles. The van der Waals surface area contributed by atoms with Crippen molar-refractivity contribution >= 4 is 22.5 Å². The van der Waals surface area contributed by atoms with Crippen molar-refractivity contribution in [3.8, 4) is 28.0 Å². The highest BCUT2D eigenvalue weighted by Crippen LogP contribution is 2.51. The van der Waals surface area contributed by atoms with Gasteiger partial charge >= 0.3 is 0 Å². The molecule has 2 unspecified atom stereocenters. The van der Waals surface area contributed by atoms with Crippen LogP contribution in [0.1, 0.15) is 60.4 Å². The molecule has 10 rings (SSSR count). The molecular weight excluding hydrogens is 643 g/mol. The van der Waals surface area contributed by atoms with Crippen LogP contribution < -0.4 is 9.64 Å². The van der Waals surface area contributed by atoms with E-state index in [9.17, 15) is 0 Å². The second-order valence-electron chi connectivity index (χ2n) is 15.2. The summed E-state index contributed by atoms with van der Waals surface area (Å²) in [6.07, 6.45) is 13.5. The van der Waals surface area contributed by atoms with E-state index in [0.29, 0.717) is 0 Å². The predicted molar refractivity (Wildman–Crippen MR) is 220 cm³/mol. The Bertz CT molecular complexity index is 2500. The molecule has 6 aromatic rings. The fourth-order valence-electron chi connectivity index (χ4n) is 8.99. The van der Waals surface area contributed by atoms with Gasteiger partial charge in [-0.25, -0.2) is 0 Å². The molecule has 53 heavy (non-hydrogen) atoms. The molecule has 1 aliphatic heterocycles. The van der Waals surface area contributed by atoms with Crippen LogP contribution in [0.3, 0.4) is 0 Å². The zero-order valence-electron chi connectivity index (χ0n) is 30.2. The first-order valence-electron chi connectivity index (χ1n) is 18.9. The summed E-state index contributed by atoms with van der Waals surface area (Å²) in [6, 6.07) is 53.4. The van der Waals surface area contributed by atoms with E-state index >= 15 is 0 Å². The van der Waals surface area contributed by atoms with Gasteiger partial charge in [-0.05, 0) is 93.3 Å². The average Bonchev–Trinajstić information content (AvgIpc) is 3.71. The van der Waals surface area contributed by atoms with E-state index in [4.69, 9.17) is 4.74 Å². The first kappa shape index (κ1) is 31.6. The molecule has 6 aromatic carbocycles. The SMILES string of the molecule is CC1(C)c2ccccc2-c2ccc(N(c3ccc(C4=C5Oc6ccccc6C5CC=C4)cc3)C3C=CC(c4ccc(-c5ccccc5)cc4)=CC3)cc21. The van der Waals surface area contributed by atoms with Gasteiger partial charge in [-0.15, -0.1) is 0 Å². The number of nitrogens with zero attached hydrogens (tertiary/aromatic N) is 1. The first-order chi connectivity index (χ1) is 26.0. The molecule has 0 N–H and O–H groups in total. The molecule has 0 spiro atoms. The van der Waals surface area contributed by atoms with E-state index in [2.05, 4.69) is 195 Å². The standard InChI is InChI=1S/C51H41NO/c1-51(2)47-17-8-6-13-43(47)44-32-31-41(33-48(44)51)52(39-27-23-37(24-28-39)36-21-19-35(20-22-36)34-11-4-3-5-12-34)40-29-25-38(26-30-40)42-15-10-16-46-45-14-7-9-18-49(45)53-50(42)46/h3-15,17-27,29-33,39,46H,16,28H2,1-2H3. The van der Waals surface area contributed by atoms with Crippen LogP contribution in [0.5, 0.6) is 5.75 Å². The van der Waals surface area contributed by atoms with Crippen LogP contribution in [0.4, 0.5) is 11.4 Å². The Balaban J connectivity index is 0.999. The molecule has 2 heteroatoms. The van der Waals surface area contributed by atoms with Gasteiger partial charge in [0.2, 0.25) is 0 Å². The summed E-state index contributed by atoms with van der Waals surface area (Å²) in [6.45, 7) is 4.73. The van der Waals surface area contributed by atoms with Crippen molar-refractivity contribution in [2.24, 2.45) is 0 Å². The van der Waals surface area contributed by atoms with Gasteiger partial charge in [-0.1, -0.05) is 159 Å². The Labute approximate surface area is 312 Å². The number of fused-ring (bicyclic) bond motifs is 6. The van der Waals surface area contributed by atoms with Gasteiger partial charge in [0.25, 0.3) is 0 Å². The summed E-state index contributed by atoms with van der Waals surface area (Å²) >= 11 is 0. The number of hydrogen-bond donors (Lipinski definition) is 0. The second kappa shape index (κ2) is 12.5. The molecule has 2 atom stereocenters. The third-order valence-electron chi connectivity index (χ3n) is 11.8. The minimum atomic E-state index is -0.0740. The topological polar surface area (TPSA) is 12.5 Å². The minimum Gasteiger partial charge on any atom is -0.460 e. The number of ether oxygens (including phenoxy) is 1. The number of hydrogen-bond acceptors (Lipinski definition) is 2. The van der Waals surface area contributed by atoms with Gasteiger partial charge in [0.1, 0.15) is 11.5 Å². The maximum atomic E-state index is 6.49. The van der Waals surface area contributed by atoms with Crippen molar-refractivity contribution in [2.75, 3.05) is 4.90 Å². The van der Waals surface area contributed by atoms with E-state index in [1.54, 1.807) is 0 Å². The molecule has 0 saturated heterocycles. The molecule has 0 fully saturated rings. The molecule has 0 saturated carbocycles. The number of rotatable bonds is 6. The van der Waals surface area contributed by atoms with Gasteiger partial charge in [0, 0.05) is 33.8 Å². The maximum absolute atomic E-state index is 6.49. The molecule has 0 bridgehead atoms. The normalized spacial score (nSPS) is 18.8. The van der Waals surface area contributed by atoms with E-state index in [1.165, 1.54) is 72.6 Å². The molecule has 0 aromatic heterocycles. The van der Waals surface area contributed by atoms with Crippen LogP contribution in [0.25, 0.3) is 33.4 Å². The van der Waals surface area contributed by atoms with E-state index < -0.39 is 0 Å². The Kier molecular flexibility index (Phi) is 7.47. The molecule has 2 nitrogen and oxygen atoms in total. The van der Waals surface area contributed by atoms with Crippen molar-refractivity contribution in [1.29, 1.82) is 0 Å². The first-order valence-corrected chi connectivity index (χ1v) is 18.9. The van der Waals surface area contributed by atoms with Crippen LogP contribution in [-0.4, -0.2) is 6.04 Å². The summed E-state index contributed by atoms with van der Waals surface area (Å²) in [7, 11) is 0. The molecule has 256 valence electrons. The van der Waals surface area contributed by atoms with Gasteiger partial charge in [0.15, 0.2) is 0 Å². The third-order valence-corrected chi connectivity index (χ3v) is 11.8.